The van der Waals surface area contributed by atoms with Crippen molar-refractivity contribution >= 4 is 17.7 Å². The Bertz CT molecular complexity index is 379. The van der Waals surface area contributed by atoms with Gasteiger partial charge in [-0.3, -0.25) is 24.6 Å². The van der Waals surface area contributed by atoms with Crippen LogP contribution in [0.2, 0.25) is 0 Å². The molecule has 18 heavy (non-hydrogen) atoms. The van der Waals surface area contributed by atoms with Crippen LogP contribution in [0.4, 0.5) is 0 Å². The Morgan fingerprint density at radius 1 is 1.56 bits per heavy atom. The number of imide groups is 1. The van der Waals surface area contributed by atoms with Gasteiger partial charge in [0, 0.05) is 6.04 Å². The van der Waals surface area contributed by atoms with Gasteiger partial charge in [0.1, 0.15) is 0 Å². The number of nitrogens with one attached hydrogen (secondary N) is 1. The van der Waals surface area contributed by atoms with Gasteiger partial charge in [-0.05, 0) is 27.2 Å². The van der Waals surface area contributed by atoms with Gasteiger partial charge < -0.3 is 5.73 Å². The molecule has 0 aliphatic carbocycles. The molecule has 0 aromatic rings. The van der Waals surface area contributed by atoms with E-state index in [2.05, 4.69) is 5.32 Å². The van der Waals surface area contributed by atoms with Crippen LogP contribution in [0.25, 0.3) is 0 Å². The summed E-state index contributed by atoms with van der Waals surface area (Å²) in [5.41, 5.74) is 4.23. The van der Waals surface area contributed by atoms with Crippen LogP contribution in [0.15, 0.2) is 0 Å². The van der Waals surface area contributed by atoms with E-state index in [-0.39, 0.29) is 24.3 Å². The monoisotopic (exact) mass is 255 g/mol. The van der Waals surface area contributed by atoms with Crippen LogP contribution in [0.1, 0.15) is 40.5 Å². The first-order valence-corrected chi connectivity index (χ1v) is 6.14. The summed E-state index contributed by atoms with van der Waals surface area (Å²) in [7, 11) is 0. The van der Waals surface area contributed by atoms with Gasteiger partial charge in [-0.15, -0.1) is 0 Å². The molecule has 102 valence electrons. The first-order chi connectivity index (χ1) is 8.20. The van der Waals surface area contributed by atoms with Crippen molar-refractivity contribution < 1.29 is 14.4 Å². The Labute approximate surface area is 107 Å². The largest absolute Gasteiger partial charge is 0.368 e. The zero-order chi connectivity index (χ0) is 14.1. The number of hydrogen-bond acceptors (Lipinski definition) is 4. The highest BCUT2D eigenvalue weighted by Crippen LogP contribution is 2.19. The van der Waals surface area contributed by atoms with Crippen molar-refractivity contribution in [3.05, 3.63) is 0 Å². The number of hydrogen-bond donors (Lipinski definition) is 2. The smallest absolute Gasteiger partial charge is 0.247 e. The van der Waals surface area contributed by atoms with Crippen molar-refractivity contribution in [1.82, 2.24) is 10.2 Å². The lowest BCUT2D eigenvalue weighted by molar-refractivity contribution is -0.141. The molecule has 1 heterocycles. The summed E-state index contributed by atoms with van der Waals surface area (Å²) in [6.07, 6.45) is 0.795. The van der Waals surface area contributed by atoms with Gasteiger partial charge in [0.15, 0.2) is 0 Å². The van der Waals surface area contributed by atoms with Gasteiger partial charge in [-0.25, -0.2) is 0 Å². The number of carbonyl (C=O) groups is 3. The number of primary amides is 1. The second kappa shape index (κ2) is 5.06. The molecule has 6 heteroatoms. The minimum absolute atomic E-state index is 0.0832. The highest BCUT2D eigenvalue weighted by atomic mass is 16.2. The Hall–Kier alpha value is -1.43. The maximum atomic E-state index is 12.1. The van der Waals surface area contributed by atoms with E-state index in [1.54, 1.807) is 13.8 Å². The molecule has 1 rings (SSSR count). The summed E-state index contributed by atoms with van der Waals surface area (Å²) in [6, 6.07) is -0.775. The van der Waals surface area contributed by atoms with E-state index in [1.165, 1.54) is 4.90 Å². The number of nitrogens with zero attached hydrogens (tertiary/aromatic N) is 1. The fourth-order valence-electron chi connectivity index (χ4n) is 1.92. The summed E-state index contributed by atoms with van der Waals surface area (Å²) in [4.78, 5) is 36.4. The summed E-state index contributed by atoms with van der Waals surface area (Å²) in [5, 5.41) is 2.86. The molecule has 6 nitrogen and oxygen atoms in total. The van der Waals surface area contributed by atoms with Gasteiger partial charge in [0.2, 0.25) is 17.7 Å². The summed E-state index contributed by atoms with van der Waals surface area (Å²) in [5.74, 6) is -1.03. The van der Waals surface area contributed by atoms with Gasteiger partial charge in [0.05, 0.1) is 18.0 Å². The number of amides is 3. The van der Waals surface area contributed by atoms with E-state index in [0.717, 1.165) is 0 Å². The number of rotatable bonds is 5. The van der Waals surface area contributed by atoms with Crippen molar-refractivity contribution in [1.29, 1.82) is 0 Å². The highest BCUT2D eigenvalue weighted by Gasteiger charge is 2.43. The van der Waals surface area contributed by atoms with E-state index in [4.69, 9.17) is 5.73 Å². The normalized spacial score (nSPS) is 22.4. The molecule has 0 aromatic carbocycles. The first kappa shape index (κ1) is 14.6. The SMILES string of the molecule is CCC(C)N1C(=O)CC(NC(C)(C)C(N)=O)C1=O. The fourth-order valence-corrected chi connectivity index (χ4v) is 1.92. The van der Waals surface area contributed by atoms with Crippen molar-refractivity contribution in [2.75, 3.05) is 0 Å². The van der Waals surface area contributed by atoms with E-state index in [0.29, 0.717) is 6.42 Å². The minimum Gasteiger partial charge on any atom is -0.368 e. The Kier molecular flexibility index (Phi) is 4.11. The number of carbonyl (C=O) groups excluding carboxylic acids is 3. The molecule has 0 aromatic heterocycles. The number of nitrogens with two attached hydrogens (primary N) is 1. The molecule has 2 unspecified atom stereocenters. The Morgan fingerprint density at radius 3 is 2.56 bits per heavy atom. The van der Waals surface area contributed by atoms with Gasteiger partial charge >= 0.3 is 0 Å². The van der Waals surface area contributed by atoms with E-state index in [9.17, 15) is 14.4 Å². The molecule has 3 N–H and O–H groups in total. The third-order valence-corrected chi connectivity index (χ3v) is 3.37. The van der Waals surface area contributed by atoms with Gasteiger partial charge in [0.25, 0.3) is 0 Å². The maximum Gasteiger partial charge on any atom is 0.247 e. The predicted molar refractivity (Wildman–Crippen MR) is 66.4 cm³/mol. The molecule has 1 aliphatic heterocycles. The van der Waals surface area contributed by atoms with Gasteiger partial charge in [-0.1, -0.05) is 6.92 Å². The summed E-state index contributed by atoms with van der Waals surface area (Å²) in [6.45, 7) is 6.94. The topological polar surface area (TPSA) is 92.5 Å². The average Bonchev–Trinajstić information content (AvgIpc) is 2.52. The molecule has 0 spiro atoms. The Morgan fingerprint density at radius 2 is 2.11 bits per heavy atom. The van der Waals surface area contributed by atoms with E-state index in [1.807, 2.05) is 13.8 Å². The average molecular weight is 255 g/mol. The molecule has 3 amide bonds. The van der Waals surface area contributed by atoms with Crippen LogP contribution in [-0.4, -0.2) is 40.2 Å². The summed E-state index contributed by atoms with van der Waals surface area (Å²) >= 11 is 0. The zero-order valence-corrected chi connectivity index (χ0v) is 11.3. The molecule has 1 fully saturated rings. The maximum absolute atomic E-state index is 12.1. The Balaban J connectivity index is 2.81. The van der Waals surface area contributed by atoms with Crippen LogP contribution in [0.5, 0.6) is 0 Å². The molecule has 1 saturated heterocycles. The third-order valence-electron chi connectivity index (χ3n) is 3.37. The van der Waals surface area contributed by atoms with Crippen LogP contribution in [0.3, 0.4) is 0 Å². The standard InChI is InChI=1S/C12H21N3O3/c1-5-7(2)15-9(16)6-8(10(15)17)14-12(3,4)11(13)18/h7-8,14H,5-6H2,1-4H3,(H2,13,18). The first-order valence-electron chi connectivity index (χ1n) is 6.14. The molecule has 0 bridgehead atoms. The predicted octanol–water partition coefficient (Wildman–Crippen LogP) is -0.234. The van der Waals surface area contributed by atoms with Crippen molar-refractivity contribution in [3.8, 4) is 0 Å². The minimum atomic E-state index is -1.01. The fraction of sp³-hybridized carbons (Fsp3) is 0.750. The van der Waals surface area contributed by atoms with Gasteiger partial charge in [-0.2, -0.15) is 0 Å². The summed E-state index contributed by atoms with van der Waals surface area (Å²) < 4.78 is 0. The number of likely N-dealkylation sites (tertiary alicyclic amines) is 1. The zero-order valence-electron chi connectivity index (χ0n) is 11.3. The van der Waals surface area contributed by atoms with E-state index >= 15 is 0 Å². The van der Waals surface area contributed by atoms with Crippen LogP contribution >= 0.6 is 0 Å². The second-order valence-corrected chi connectivity index (χ2v) is 5.25. The van der Waals surface area contributed by atoms with Crippen molar-refractivity contribution in [2.24, 2.45) is 5.73 Å². The van der Waals surface area contributed by atoms with Crippen molar-refractivity contribution in [3.63, 3.8) is 0 Å². The molecule has 2 atom stereocenters. The molecule has 0 radical (unpaired) electrons. The van der Waals surface area contributed by atoms with Crippen LogP contribution < -0.4 is 11.1 Å². The lowest BCUT2D eigenvalue weighted by atomic mass is 10.0. The molecule has 1 aliphatic rings. The second-order valence-electron chi connectivity index (χ2n) is 5.25. The third kappa shape index (κ3) is 2.69. The quantitative estimate of drug-likeness (QED) is 0.663. The van der Waals surface area contributed by atoms with Crippen LogP contribution in [-0.2, 0) is 14.4 Å². The van der Waals surface area contributed by atoms with E-state index < -0.39 is 17.5 Å². The molecule has 0 saturated carbocycles. The highest BCUT2D eigenvalue weighted by molar-refractivity contribution is 6.06. The molecular weight excluding hydrogens is 234 g/mol. The van der Waals surface area contributed by atoms with Crippen LogP contribution in [0, 0.1) is 0 Å². The lowest BCUT2D eigenvalue weighted by Gasteiger charge is -2.26. The van der Waals surface area contributed by atoms with Crippen molar-refractivity contribution in [2.45, 2.75) is 58.2 Å². The molecular formula is C12H21N3O3. The lowest BCUT2D eigenvalue weighted by Crippen LogP contribution is -2.56.